The molecule has 0 atom stereocenters. The summed E-state index contributed by atoms with van der Waals surface area (Å²) in [4.78, 5) is 27.2. The van der Waals surface area contributed by atoms with Crippen LogP contribution in [-0.2, 0) is 17.6 Å². The topological polar surface area (TPSA) is 92.4 Å². The first-order valence-electron chi connectivity index (χ1n) is 11.8. The minimum Gasteiger partial charge on any atom is -0.493 e. The van der Waals surface area contributed by atoms with Crippen molar-refractivity contribution in [3.63, 3.8) is 0 Å². The molecule has 2 N–H and O–H groups in total. The second kappa shape index (κ2) is 8.88. The zero-order valence-electron chi connectivity index (χ0n) is 20.0. The van der Waals surface area contributed by atoms with Crippen molar-refractivity contribution in [1.82, 2.24) is 15.0 Å². The highest BCUT2D eigenvalue weighted by molar-refractivity contribution is 5.98. The first-order chi connectivity index (χ1) is 17.6. The van der Waals surface area contributed by atoms with Crippen molar-refractivity contribution in [1.29, 1.82) is 0 Å². The van der Waals surface area contributed by atoms with E-state index in [9.17, 15) is 4.79 Å². The summed E-state index contributed by atoms with van der Waals surface area (Å²) in [5.41, 5.74) is 5.71. The first kappa shape index (κ1) is 21.9. The Morgan fingerprint density at radius 1 is 1.03 bits per heavy atom. The van der Waals surface area contributed by atoms with Gasteiger partial charge in [0.25, 0.3) is 0 Å². The fourth-order valence-electron chi connectivity index (χ4n) is 4.85. The number of rotatable bonds is 6. The van der Waals surface area contributed by atoms with Gasteiger partial charge in [-0.1, -0.05) is 18.2 Å². The number of carbonyl (C=O) groups excluding carboxylic acids is 1. The third kappa shape index (κ3) is 3.86. The SMILES string of the molecule is COc1cc2ncnc(Nc3ccc4c(c3)CCN4C(=O)Cc3cc4ccccc4[nH]3)c2cc1OC. The zero-order chi connectivity index (χ0) is 24.6. The lowest BCUT2D eigenvalue weighted by atomic mass is 10.1. The van der Waals surface area contributed by atoms with Crippen LogP contribution in [-0.4, -0.2) is 41.6 Å². The van der Waals surface area contributed by atoms with Gasteiger partial charge in [0.15, 0.2) is 11.5 Å². The average molecular weight is 480 g/mol. The van der Waals surface area contributed by atoms with Gasteiger partial charge in [-0.3, -0.25) is 4.79 Å². The van der Waals surface area contributed by atoms with Gasteiger partial charge in [-0.15, -0.1) is 0 Å². The molecule has 0 bridgehead atoms. The fraction of sp³-hybridized carbons (Fsp3) is 0.179. The van der Waals surface area contributed by atoms with E-state index in [0.717, 1.165) is 50.9 Å². The van der Waals surface area contributed by atoms with Crippen LogP contribution in [0.2, 0.25) is 0 Å². The van der Waals surface area contributed by atoms with Gasteiger partial charge in [0, 0.05) is 40.6 Å². The predicted octanol–water partition coefficient (Wildman–Crippen LogP) is 5.00. The van der Waals surface area contributed by atoms with E-state index in [2.05, 4.69) is 26.3 Å². The molecule has 1 aliphatic rings. The number of benzene rings is 3. The number of hydrogen-bond acceptors (Lipinski definition) is 6. The minimum absolute atomic E-state index is 0.0869. The summed E-state index contributed by atoms with van der Waals surface area (Å²) in [6.07, 6.45) is 2.67. The predicted molar refractivity (Wildman–Crippen MR) is 140 cm³/mol. The van der Waals surface area contributed by atoms with Crippen LogP contribution in [0.5, 0.6) is 11.5 Å². The molecule has 0 radical (unpaired) electrons. The normalized spacial score (nSPS) is 12.7. The Morgan fingerprint density at radius 3 is 2.69 bits per heavy atom. The molecule has 0 saturated heterocycles. The van der Waals surface area contributed by atoms with Gasteiger partial charge in [-0.05, 0) is 53.8 Å². The number of methoxy groups -OCH3 is 2. The summed E-state index contributed by atoms with van der Waals surface area (Å²) >= 11 is 0. The number of nitrogens with zero attached hydrogens (tertiary/aromatic N) is 3. The summed E-state index contributed by atoms with van der Waals surface area (Å²) in [5.74, 6) is 1.99. The Hall–Kier alpha value is -4.59. The van der Waals surface area contributed by atoms with Crippen LogP contribution < -0.4 is 19.7 Å². The summed E-state index contributed by atoms with van der Waals surface area (Å²) in [6.45, 7) is 0.672. The highest BCUT2D eigenvalue weighted by Gasteiger charge is 2.25. The molecule has 2 aromatic heterocycles. The second-order valence-corrected chi connectivity index (χ2v) is 8.77. The Morgan fingerprint density at radius 2 is 1.86 bits per heavy atom. The molecule has 0 unspecified atom stereocenters. The third-order valence-electron chi connectivity index (χ3n) is 6.61. The van der Waals surface area contributed by atoms with Gasteiger partial charge >= 0.3 is 0 Å². The van der Waals surface area contributed by atoms with Crippen LogP contribution >= 0.6 is 0 Å². The molecule has 36 heavy (non-hydrogen) atoms. The van der Waals surface area contributed by atoms with Crippen molar-refractivity contribution >= 4 is 44.9 Å². The number of nitrogens with one attached hydrogen (secondary N) is 2. The third-order valence-corrected chi connectivity index (χ3v) is 6.61. The molecule has 1 aliphatic heterocycles. The van der Waals surface area contributed by atoms with Gasteiger partial charge in [0.1, 0.15) is 12.1 Å². The van der Waals surface area contributed by atoms with Crippen molar-refractivity contribution in [2.75, 3.05) is 31.0 Å². The summed E-state index contributed by atoms with van der Waals surface area (Å²) < 4.78 is 10.9. The first-order valence-corrected chi connectivity index (χ1v) is 11.8. The molecular formula is C28H25N5O3. The van der Waals surface area contributed by atoms with Gasteiger partial charge in [-0.2, -0.15) is 0 Å². The number of aromatic nitrogens is 3. The molecule has 8 nitrogen and oxygen atoms in total. The fourth-order valence-corrected chi connectivity index (χ4v) is 4.85. The van der Waals surface area contributed by atoms with E-state index in [1.54, 1.807) is 14.2 Å². The van der Waals surface area contributed by atoms with Crippen molar-refractivity contribution < 1.29 is 14.3 Å². The lowest BCUT2D eigenvalue weighted by Gasteiger charge is -2.17. The average Bonchev–Trinajstić information content (AvgIpc) is 3.51. The quantitative estimate of drug-likeness (QED) is 0.356. The van der Waals surface area contributed by atoms with Crippen molar-refractivity contribution in [2.24, 2.45) is 0 Å². The van der Waals surface area contributed by atoms with Crippen LogP contribution in [0, 0.1) is 0 Å². The maximum absolute atomic E-state index is 13.1. The molecule has 3 heterocycles. The number of anilines is 3. The van der Waals surface area contributed by atoms with E-state index in [1.165, 1.54) is 6.33 Å². The molecule has 3 aromatic carbocycles. The maximum atomic E-state index is 13.1. The number of para-hydroxylation sites is 1. The molecule has 6 rings (SSSR count). The zero-order valence-corrected chi connectivity index (χ0v) is 20.0. The van der Waals surface area contributed by atoms with Crippen molar-refractivity contribution in [3.05, 3.63) is 78.2 Å². The van der Waals surface area contributed by atoms with Crippen LogP contribution in [0.4, 0.5) is 17.2 Å². The lowest BCUT2D eigenvalue weighted by Crippen LogP contribution is -2.30. The van der Waals surface area contributed by atoms with Crippen LogP contribution in [0.1, 0.15) is 11.3 Å². The molecule has 0 fully saturated rings. The van der Waals surface area contributed by atoms with Crippen molar-refractivity contribution in [2.45, 2.75) is 12.8 Å². The minimum atomic E-state index is 0.0869. The number of hydrogen-bond donors (Lipinski definition) is 2. The number of ether oxygens (including phenoxy) is 2. The number of fused-ring (bicyclic) bond motifs is 3. The van der Waals surface area contributed by atoms with E-state index in [4.69, 9.17) is 9.47 Å². The van der Waals surface area contributed by atoms with E-state index in [1.807, 2.05) is 59.5 Å². The highest BCUT2D eigenvalue weighted by Crippen LogP contribution is 2.36. The van der Waals surface area contributed by atoms with Gasteiger partial charge in [-0.25, -0.2) is 9.97 Å². The summed E-state index contributed by atoms with van der Waals surface area (Å²) in [6, 6.07) is 19.9. The van der Waals surface area contributed by atoms with Crippen LogP contribution in [0.25, 0.3) is 21.8 Å². The summed E-state index contributed by atoms with van der Waals surface area (Å²) in [5, 5.41) is 5.35. The molecule has 8 heteroatoms. The number of H-pyrrole nitrogens is 1. The second-order valence-electron chi connectivity index (χ2n) is 8.77. The molecule has 1 amide bonds. The van der Waals surface area contributed by atoms with Crippen LogP contribution in [0.15, 0.2) is 67.0 Å². The Labute approximate surface area is 207 Å². The van der Waals surface area contributed by atoms with E-state index >= 15 is 0 Å². The van der Waals surface area contributed by atoms with Crippen molar-refractivity contribution in [3.8, 4) is 11.5 Å². The highest BCUT2D eigenvalue weighted by atomic mass is 16.5. The Balaban J connectivity index is 1.23. The Bertz CT molecular complexity index is 1580. The van der Waals surface area contributed by atoms with Gasteiger partial charge in [0.05, 0.1) is 26.2 Å². The van der Waals surface area contributed by atoms with E-state index in [-0.39, 0.29) is 5.91 Å². The van der Waals surface area contributed by atoms with Gasteiger partial charge < -0.3 is 24.7 Å². The standard InChI is InChI=1S/C28H25N5O3/c1-35-25-14-21-23(15-26(25)36-2)29-16-30-28(21)32-19-7-8-24-18(12-19)9-10-33(24)27(34)13-20-11-17-5-3-4-6-22(17)31-20/h3-8,11-12,14-16,31H,9-10,13H2,1-2H3,(H,29,30,32). The Kier molecular flexibility index (Phi) is 5.41. The molecule has 0 saturated carbocycles. The van der Waals surface area contributed by atoms with E-state index in [0.29, 0.717) is 30.3 Å². The lowest BCUT2D eigenvalue weighted by molar-refractivity contribution is -0.117. The van der Waals surface area contributed by atoms with Crippen LogP contribution in [0.3, 0.4) is 0 Å². The molecule has 5 aromatic rings. The molecular weight excluding hydrogens is 454 g/mol. The molecule has 0 spiro atoms. The molecule has 180 valence electrons. The largest absolute Gasteiger partial charge is 0.493 e. The number of aromatic amines is 1. The maximum Gasteiger partial charge on any atom is 0.232 e. The summed E-state index contributed by atoms with van der Waals surface area (Å²) in [7, 11) is 3.20. The monoisotopic (exact) mass is 479 g/mol. The number of amides is 1. The number of carbonyl (C=O) groups is 1. The van der Waals surface area contributed by atoms with E-state index < -0.39 is 0 Å². The van der Waals surface area contributed by atoms with Gasteiger partial charge in [0.2, 0.25) is 5.91 Å². The smallest absolute Gasteiger partial charge is 0.232 e. The molecule has 0 aliphatic carbocycles.